The summed E-state index contributed by atoms with van der Waals surface area (Å²) in [5, 5.41) is 15.4. The van der Waals surface area contributed by atoms with Crippen molar-refractivity contribution in [1.82, 2.24) is 10.2 Å². The number of nitrogens with one attached hydrogen (secondary N) is 1. The van der Waals surface area contributed by atoms with Gasteiger partial charge in [0.25, 0.3) is 0 Å². The topological polar surface area (TPSA) is 105 Å². The number of rotatable bonds is 14. The fourth-order valence-electron chi connectivity index (χ4n) is 7.18. The zero-order chi connectivity index (χ0) is 32.7. The van der Waals surface area contributed by atoms with E-state index in [-0.39, 0.29) is 36.9 Å². The summed E-state index contributed by atoms with van der Waals surface area (Å²) in [6.07, 6.45) is 6.52. The highest BCUT2D eigenvalue weighted by Gasteiger charge is 2.48. The zero-order valence-corrected chi connectivity index (χ0v) is 26.9. The number of fused-ring (bicyclic) bond motifs is 1. The van der Waals surface area contributed by atoms with Crippen LogP contribution in [-0.4, -0.2) is 54.7 Å². The number of aliphatic hydroxyl groups excluding tert-OH is 1. The first-order valence-electron chi connectivity index (χ1n) is 16.0. The van der Waals surface area contributed by atoms with E-state index in [4.69, 9.17) is 10.5 Å². The van der Waals surface area contributed by atoms with Crippen LogP contribution in [0.1, 0.15) is 75.6 Å². The first-order valence-corrected chi connectivity index (χ1v) is 16.0. The Bertz CT molecular complexity index is 1420. The minimum absolute atomic E-state index is 0.0224. The molecule has 2 aromatic carbocycles. The van der Waals surface area contributed by atoms with Crippen molar-refractivity contribution < 1.29 is 28.2 Å². The molecule has 7 nitrogen and oxygen atoms in total. The van der Waals surface area contributed by atoms with Crippen LogP contribution in [0, 0.1) is 23.0 Å². The molecule has 2 unspecified atom stereocenters. The van der Waals surface area contributed by atoms with Gasteiger partial charge in [0, 0.05) is 43.2 Å². The number of halogens is 2. The van der Waals surface area contributed by atoms with Gasteiger partial charge in [0.05, 0.1) is 18.6 Å². The Balaban J connectivity index is 1.70. The number of primary amides is 1. The molecule has 0 radical (unpaired) electrons. The van der Waals surface area contributed by atoms with Crippen LogP contribution in [0.4, 0.5) is 8.78 Å². The van der Waals surface area contributed by atoms with E-state index in [2.05, 4.69) is 5.32 Å². The molecule has 4 atom stereocenters. The maximum atomic E-state index is 14.3. The second-order valence-corrected chi connectivity index (χ2v) is 12.5. The quantitative estimate of drug-likeness (QED) is 0.256. The molecule has 4 N–H and O–H groups in total. The molecular formula is C36H47F2N3O4. The Morgan fingerprint density at radius 3 is 2.47 bits per heavy atom. The smallest absolute Gasteiger partial charge is 0.249 e. The Morgan fingerprint density at radius 2 is 1.84 bits per heavy atom. The molecule has 0 aliphatic heterocycles. The van der Waals surface area contributed by atoms with Gasteiger partial charge in [-0.2, -0.15) is 0 Å². The molecule has 45 heavy (non-hydrogen) atoms. The van der Waals surface area contributed by atoms with E-state index < -0.39 is 35.0 Å². The van der Waals surface area contributed by atoms with Gasteiger partial charge in [-0.15, -0.1) is 0 Å². The van der Waals surface area contributed by atoms with E-state index in [0.29, 0.717) is 24.2 Å². The molecule has 2 aromatic rings. The molecule has 0 saturated heterocycles. The van der Waals surface area contributed by atoms with Gasteiger partial charge in [-0.3, -0.25) is 9.59 Å². The fraction of sp³-hybridized carbons (Fsp3) is 0.500. The minimum atomic E-state index is -1.48. The average Bonchev–Trinajstić information content (AvgIpc) is 3.00. The number of hydrogen-bond acceptors (Lipinski definition) is 5. The van der Waals surface area contributed by atoms with Crippen molar-refractivity contribution >= 4 is 11.8 Å². The summed E-state index contributed by atoms with van der Waals surface area (Å²) in [5.41, 5.74) is 8.30. The largest absolute Gasteiger partial charge is 0.496 e. The lowest BCUT2D eigenvalue weighted by Gasteiger charge is -2.42. The number of allylic oxidation sites excluding steroid dienone is 2. The van der Waals surface area contributed by atoms with Crippen LogP contribution in [0.3, 0.4) is 0 Å². The number of nitrogens with zero attached hydrogens (tertiary/aromatic N) is 1. The molecule has 0 fully saturated rings. The van der Waals surface area contributed by atoms with E-state index in [1.165, 1.54) is 12.1 Å². The van der Waals surface area contributed by atoms with Crippen LogP contribution < -0.4 is 15.8 Å². The molecule has 0 spiro atoms. The third-order valence-corrected chi connectivity index (χ3v) is 9.14. The Kier molecular flexibility index (Phi) is 11.6. The number of ether oxygens (including phenoxy) is 1. The number of carbonyl (C=O) groups is 2. The summed E-state index contributed by atoms with van der Waals surface area (Å²) < 4.78 is 34.3. The van der Waals surface area contributed by atoms with Crippen LogP contribution in [0.2, 0.25) is 0 Å². The van der Waals surface area contributed by atoms with E-state index in [9.17, 15) is 23.5 Å². The predicted octanol–water partition coefficient (Wildman–Crippen LogP) is 5.56. The summed E-state index contributed by atoms with van der Waals surface area (Å²) in [5.74, 6) is -2.45. The Labute approximate surface area is 265 Å². The first-order chi connectivity index (χ1) is 21.5. The van der Waals surface area contributed by atoms with Gasteiger partial charge in [0.1, 0.15) is 17.4 Å². The van der Waals surface area contributed by atoms with E-state index >= 15 is 0 Å². The summed E-state index contributed by atoms with van der Waals surface area (Å²) >= 11 is 0. The fourth-order valence-corrected chi connectivity index (χ4v) is 7.18. The molecule has 244 valence electrons. The maximum absolute atomic E-state index is 14.3. The lowest BCUT2D eigenvalue weighted by atomic mass is 9.63. The Morgan fingerprint density at radius 1 is 1.16 bits per heavy atom. The van der Waals surface area contributed by atoms with Crippen molar-refractivity contribution in [2.24, 2.45) is 17.1 Å². The van der Waals surface area contributed by atoms with Crippen molar-refractivity contribution in [3.05, 3.63) is 88.0 Å². The molecule has 0 bridgehead atoms. The van der Waals surface area contributed by atoms with Crippen molar-refractivity contribution in [3.63, 3.8) is 0 Å². The van der Waals surface area contributed by atoms with Crippen molar-refractivity contribution in [3.8, 4) is 5.75 Å². The number of benzene rings is 2. The van der Waals surface area contributed by atoms with E-state index in [1.54, 1.807) is 31.1 Å². The summed E-state index contributed by atoms with van der Waals surface area (Å²) in [4.78, 5) is 29.1. The second kappa shape index (κ2) is 15.1. The molecule has 4 rings (SSSR count). The van der Waals surface area contributed by atoms with Crippen LogP contribution in [0.5, 0.6) is 5.75 Å². The molecule has 2 aliphatic carbocycles. The maximum Gasteiger partial charge on any atom is 0.249 e. The van der Waals surface area contributed by atoms with Crippen molar-refractivity contribution in [2.45, 2.75) is 77.9 Å². The third kappa shape index (κ3) is 7.82. The molecule has 9 heteroatoms. The van der Waals surface area contributed by atoms with E-state index in [1.807, 2.05) is 32.0 Å². The first kappa shape index (κ1) is 34.3. The van der Waals surface area contributed by atoms with Crippen LogP contribution in [0.25, 0.3) is 0 Å². The molecule has 0 aromatic heterocycles. The lowest BCUT2D eigenvalue weighted by molar-refractivity contribution is -0.132. The zero-order valence-electron chi connectivity index (χ0n) is 26.9. The number of aliphatic hydroxyl groups is 1. The highest BCUT2D eigenvalue weighted by atomic mass is 19.1. The third-order valence-electron chi connectivity index (χ3n) is 9.14. The van der Waals surface area contributed by atoms with E-state index in [0.717, 1.165) is 55.0 Å². The van der Waals surface area contributed by atoms with Gasteiger partial charge in [-0.25, -0.2) is 8.78 Å². The van der Waals surface area contributed by atoms with Crippen molar-refractivity contribution in [2.75, 3.05) is 26.7 Å². The van der Waals surface area contributed by atoms with Gasteiger partial charge < -0.3 is 25.8 Å². The minimum Gasteiger partial charge on any atom is -0.496 e. The number of amides is 2. The average molecular weight is 624 g/mol. The molecule has 2 amide bonds. The second-order valence-electron chi connectivity index (χ2n) is 12.5. The standard InChI is InChI=1S/C36H47F2N3O4/c1-5-13-41(14-6-2)34(43)25-15-23(3)20-36(21-25,35(39)44)30(18-24-16-26(37)19-27(38)17-24)32(42)22-40-31-11-7-10-29-28(31)9-8-12-33(29)45-4/h8-9,12,15-17,19-20,30-32,40,42H,5-7,10-11,13-14,18,21-22H2,1-4H3,(H2,39,44)/t30-,31?,32+,36?/m1/s1. The summed E-state index contributed by atoms with van der Waals surface area (Å²) in [7, 11) is 1.65. The number of hydrogen-bond donors (Lipinski definition) is 3. The van der Waals surface area contributed by atoms with Crippen LogP contribution >= 0.6 is 0 Å². The SMILES string of the molecule is CCCN(CCC)C(=O)C1=CC(C)=CC(C(N)=O)([C@H](Cc2cc(F)cc(F)c2)[C@@H](O)CNC2CCCc3c(OC)cccc32)C1. The number of nitrogens with two attached hydrogens (primary N) is 1. The summed E-state index contributed by atoms with van der Waals surface area (Å²) in [6.45, 7) is 7.04. The predicted molar refractivity (Wildman–Crippen MR) is 171 cm³/mol. The summed E-state index contributed by atoms with van der Waals surface area (Å²) in [6, 6.07) is 9.07. The van der Waals surface area contributed by atoms with Crippen LogP contribution in [0.15, 0.2) is 59.7 Å². The number of methoxy groups -OCH3 is 1. The number of carbonyl (C=O) groups excluding carboxylic acids is 2. The Hall–Kier alpha value is -3.56. The normalized spacial score (nSPS) is 20.8. The highest BCUT2D eigenvalue weighted by Crippen LogP contribution is 2.45. The molecular weight excluding hydrogens is 576 g/mol. The molecule has 2 aliphatic rings. The van der Waals surface area contributed by atoms with Gasteiger partial charge in [-0.1, -0.05) is 43.7 Å². The van der Waals surface area contributed by atoms with Gasteiger partial charge in [-0.05, 0) is 86.8 Å². The van der Waals surface area contributed by atoms with Crippen molar-refractivity contribution in [1.29, 1.82) is 0 Å². The monoisotopic (exact) mass is 623 g/mol. The van der Waals surface area contributed by atoms with Gasteiger partial charge in [0.15, 0.2) is 0 Å². The van der Waals surface area contributed by atoms with Crippen LogP contribution in [-0.2, 0) is 22.4 Å². The van der Waals surface area contributed by atoms with Gasteiger partial charge in [0.2, 0.25) is 11.8 Å². The molecule has 0 saturated carbocycles. The highest BCUT2D eigenvalue weighted by molar-refractivity contribution is 5.97. The lowest BCUT2D eigenvalue weighted by Crippen LogP contribution is -2.52. The molecule has 0 heterocycles. The van der Waals surface area contributed by atoms with Gasteiger partial charge >= 0.3 is 0 Å².